The largest absolute Gasteiger partial charge is 0.489 e. The number of hydrogen-bond donors (Lipinski definition) is 2. The molecule has 25 heavy (non-hydrogen) atoms. The summed E-state index contributed by atoms with van der Waals surface area (Å²) >= 11 is 0. The Morgan fingerprint density at radius 1 is 1.00 bits per heavy atom. The number of ether oxygens (including phenoxy) is 1. The second-order valence-corrected chi connectivity index (χ2v) is 5.98. The Labute approximate surface area is 145 Å². The van der Waals surface area contributed by atoms with Gasteiger partial charge in [0.25, 0.3) is 0 Å². The standard InChI is InChI=1S/C19H19NO5/c21-18(22)17-11-10-16(20(17)19(23)24)14-6-8-15(9-7-14)25-12-13-4-2-1-3-5-13/h1-9,16-17H,10-12H2,(H,21,22)(H,23,24)/t16-,17-/m0/s1. The molecule has 6 heteroatoms. The van der Waals surface area contributed by atoms with Gasteiger partial charge >= 0.3 is 12.1 Å². The Bertz CT molecular complexity index is 744. The van der Waals surface area contributed by atoms with Gasteiger partial charge in [-0.15, -0.1) is 0 Å². The summed E-state index contributed by atoms with van der Waals surface area (Å²) in [6.07, 6.45) is -0.397. The van der Waals surface area contributed by atoms with Crippen molar-refractivity contribution in [3.63, 3.8) is 0 Å². The lowest BCUT2D eigenvalue weighted by atomic mass is 10.0. The van der Waals surface area contributed by atoms with Crippen LogP contribution < -0.4 is 4.74 Å². The molecule has 2 aromatic rings. The van der Waals surface area contributed by atoms with E-state index in [0.717, 1.165) is 16.0 Å². The van der Waals surface area contributed by atoms with Crippen LogP contribution in [0.4, 0.5) is 4.79 Å². The molecule has 6 nitrogen and oxygen atoms in total. The number of carbonyl (C=O) groups is 2. The highest BCUT2D eigenvalue weighted by Crippen LogP contribution is 2.36. The van der Waals surface area contributed by atoms with Crippen molar-refractivity contribution in [3.8, 4) is 5.75 Å². The van der Waals surface area contributed by atoms with E-state index in [0.29, 0.717) is 25.2 Å². The Balaban J connectivity index is 1.69. The predicted octanol–water partition coefficient (Wildman–Crippen LogP) is 3.53. The third kappa shape index (κ3) is 3.74. The van der Waals surface area contributed by atoms with E-state index in [1.807, 2.05) is 30.3 Å². The lowest BCUT2D eigenvalue weighted by Gasteiger charge is -2.25. The van der Waals surface area contributed by atoms with Crippen molar-refractivity contribution in [1.29, 1.82) is 0 Å². The Kier molecular flexibility index (Phi) is 4.88. The number of carboxylic acid groups (broad SMARTS) is 2. The lowest BCUT2D eigenvalue weighted by molar-refractivity contribution is -0.142. The van der Waals surface area contributed by atoms with E-state index < -0.39 is 24.1 Å². The number of amides is 1. The number of nitrogens with zero attached hydrogens (tertiary/aromatic N) is 1. The highest BCUT2D eigenvalue weighted by Gasteiger charge is 2.41. The zero-order valence-corrected chi connectivity index (χ0v) is 13.5. The molecule has 2 aromatic carbocycles. The number of rotatable bonds is 5. The maximum absolute atomic E-state index is 11.5. The summed E-state index contributed by atoms with van der Waals surface area (Å²) in [7, 11) is 0. The van der Waals surface area contributed by atoms with Gasteiger partial charge in [-0.25, -0.2) is 9.59 Å². The second-order valence-electron chi connectivity index (χ2n) is 5.98. The van der Waals surface area contributed by atoms with Gasteiger partial charge in [0.15, 0.2) is 0 Å². The van der Waals surface area contributed by atoms with Crippen molar-refractivity contribution in [2.45, 2.75) is 31.5 Å². The molecule has 2 atom stereocenters. The first-order valence-corrected chi connectivity index (χ1v) is 8.07. The molecule has 1 fully saturated rings. The lowest BCUT2D eigenvalue weighted by Crippen LogP contribution is -2.40. The van der Waals surface area contributed by atoms with Gasteiger partial charge in [0.1, 0.15) is 18.4 Å². The van der Waals surface area contributed by atoms with Gasteiger partial charge in [-0.2, -0.15) is 0 Å². The number of likely N-dealkylation sites (tertiary alicyclic amines) is 1. The molecular weight excluding hydrogens is 322 g/mol. The monoisotopic (exact) mass is 341 g/mol. The molecule has 3 rings (SSSR count). The van der Waals surface area contributed by atoms with E-state index in [1.165, 1.54) is 0 Å². The minimum atomic E-state index is -1.21. The highest BCUT2D eigenvalue weighted by molar-refractivity contribution is 5.80. The molecule has 0 saturated carbocycles. The predicted molar refractivity (Wildman–Crippen MR) is 90.5 cm³/mol. The zero-order chi connectivity index (χ0) is 17.8. The van der Waals surface area contributed by atoms with Gasteiger partial charge in [0.05, 0.1) is 6.04 Å². The van der Waals surface area contributed by atoms with Crippen LogP contribution in [-0.4, -0.2) is 33.2 Å². The Morgan fingerprint density at radius 3 is 2.28 bits per heavy atom. The molecule has 0 aromatic heterocycles. The summed E-state index contributed by atoms with van der Waals surface area (Å²) in [5, 5.41) is 18.6. The minimum Gasteiger partial charge on any atom is -0.489 e. The van der Waals surface area contributed by atoms with E-state index in [-0.39, 0.29) is 0 Å². The first kappa shape index (κ1) is 16.8. The molecule has 0 aliphatic carbocycles. The maximum Gasteiger partial charge on any atom is 0.408 e. The fourth-order valence-electron chi connectivity index (χ4n) is 3.17. The summed E-state index contributed by atoms with van der Waals surface area (Å²) in [6.45, 7) is 0.450. The zero-order valence-electron chi connectivity index (χ0n) is 13.5. The number of aliphatic carboxylic acids is 1. The third-order valence-electron chi connectivity index (χ3n) is 4.40. The maximum atomic E-state index is 11.5. The smallest absolute Gasteiger partial charge is 0.408 e. The summed E-state index contributed by atoms with van der Waals surface area (Å²) in [5.74, 6) is -0.421. The fraction of sp³-hybridized carbons (Fsp3) is 0.263. The molecule has 1 heterocycles. The Morgan fingerprint density at radius 2 is 1.68 bits per heavy atom. The molecule has 2 N–H and O–H groups in total. The second kappa shape index (κ2) is 7.25. The first-order chi connectivity index (χ1) is 12.1. The molecule has 1 aliphatic heterocycles. The molecule has 1 amide bonds. The molecule has 0 radical (unpaired) electrons. The van der Waals surface area contributed by atoms with Crippen molar-refractivity contribution in [2.24, 2.45) is 0 Å². The van der Waals surface area contributed by atoms with Crippen molar-refractivity contribution in [3.05, 3.63) is 65.7 Å². The number of hydrogen-bond acceptors (Lipinski definition) is 3. The topological polar surface area (TPSA) is 87.1 Å². The van der Waals surface area contributed by atoms with Crippen LogP contribution in [0.1, 0.15) is 30.0 Å². The van der Waals surface area contributed by atoms with Crippen molar-refractivity contribution in [1.82, 2.24) is 4.90 Å². The van der Waals surface area contributed by atoms with E-state index in [1.54, 1.807) is 24.3 Å². The molecule has 1 aliphatic rings. The van der Waals surface area contributed by atoms with E-state index >= 15 is 0 Å². The molecule has 0 spiro atoms. The SMILES string of the molecule is O=C(O)[C@@H]1CC[C@@H](c2ccc(OCc3ccccc3)cc2)N1C(=O)O. The average Bonchev–Trinajstić information content (AvgIpc) is 3.07. The van der Waals surface area contributed by atoms with Gasteiger partial charge < -0.3 is 14.9 Å². The minimum absolute atomic E-state index is 0.318. The van der Waals surface area contributed by atoms with E-state index in [4.69, 9.17) is 4.74 Å². The third-order valence-corrected chi connectivity index (χ3v) is 4.40. The first-order valence-electron chi connectivity index (χ1n) is 8.07. The van der Waals surface area contributed by atoms with Gasteiger partial charge in [-0.1, -0.05) is 42.5 Å². The van der Waals surface area contributed by atoms with Crippen LogP contribution in [-0.2, 0) is 11.4 Å². The number of carboxylic acids is 1. The Hall–Kier alpha value is -3.02. The fourth-order valence-corrected chi connectivity index (χ4v) is 3.17. The van der Waals surface area contributed by atoms with Crippen LogP contribution >= 0.6 is 0 Å². The van der Waals surface area contributed by atoms with Crippen LogP contribution in [0.3, 0.4) is 0 Å². The molecule has 0 bridgehead atoms. The molecular formula is C19H19NO5. The summed E-state index contributed by atoms with van der Waals surface area (Å²) < 4.78 is 5.72. The van der Waals surface area contributed by atoms with Crippen molar-refractivity contribution >= 4 is 12.1 Å². The van der Waals surface area contributed by atoms with E-state index in [2.05, 4.69) is 0 Å². The van der Waals surface area contributed by atoms with Gasteiger partial charge in [-0.3, -0.25) is 4.90 Å². The summed E-state index contributed by atoms with van der Waals surface area (Å²) in [5.41, 5.74) is 1.84. The number of benzene rings is 2. The summed E-state index contributed by atoms with van der Waals surface area (Å²) in [6, 6.07) is 15.5. The molecule has 0 unspecified atom stereocenters. The van der Waals surface area contributed by atoms with Crippen LogP contribution in [0.2, 0.25) is 0 Å². The summed E-state index contributed by atoms with van der Waals surface area (Å²) in [4.78, 5) is 23.7. The van der Waals surface area contributed by atoms with Crippen LogP contribution in [0.5, 0.6) is 5.75 Å². The van der Waals surface area contributed by atoms with Gasteiger partial charge in [0.2, 0.25) is 0 Å². The van der Waals surface area contributed by atoms with Crippen molar-refractivity contribution < 1.29 is 24.5 Å². The van der Waals surface area contributed by atoms with Gasteiger partial charge in [0, 0.05) is 0 Å². The van der Waals surface area contributed by atoms with E-state index in [9.17, 15) is 19.8 Å². The molecule has 1 saturated heterocycles. The highest BCUT2D eigenvalue weighted by atomic mass is 16.5. The average molecular weight is 341 g/mol. The van der Waals surface area contributed by atoms with Gasteiger partial charge in [-0.05, 0) is 36.1 Å². The van der Waals surface area contributed by atoms with Crippen molar-refractivity contribution in [2.75, 3.05) is 0 Å². The van der Waals surface area contributed by atoms with Crippen LogP contribution in [0.15, 0.2) is 54.6 Å². The molecule has 130 valence electrons. The van der Waals surface area contributed by atoms with Crippen LogP contribution in [0, 0.1) is 0 Å². The van der Waals surface area contributed by atoms with Crippen LogP contribution in [0.25, 0.3) is 0 Å². The normalized spacial score (nSPS) is 19.6. The quantitative estimate of drug-likeness (QED) is 0.869.